The van der Waals surface area contributed by atoms with E-state index in [0.717, 1.165) is 4.47 Å². The van der Waals surface area contributed by atoms with E-state index in [1.807, 2.05) is 0 Å². The zero-order valence-corrected chi connectivity index (χ0v) is 14.3. The van der Waals surface area contributed by atoms with Crippen molar-refractivity contribution in [3.8, 4) is 0 Å². The fourth-order valence-corrected chi connectivity index (χ4v) is 1.85. The Morgan fingerprint density at radius 2 is 1.77 bits per heavy atom. The molecule has 2 atom stereocenters. The number of halogens is 1. The lowest BCUT2D eigenvalue weighted by Crippen LogP contribution is -2.43. The molecule has 0 saturated carbocycles. The molecule has 0 aliphatic carbocycles. The molecule has 7 heteroatoms. The van der Waals surface area contributed by atoms with Crippen molar-refractivity contribution < 1.29 is 19.1 Å². The number of hydrogen-bond donors (Lipinski definition) is 2. The molecule has 0 aromatic heterocycles. The summed E-state index contributed by atoms with van der Waals surface area (Å²) in [5.74, 6) is -1.42. The van der Waals surface area contributed by atoms with Crippen molar-refractivity contribution in [2.45, 2.75) is 32.9 Å². The van der Waals surface area contributed by atoms with Crippen LogP contribution in [0.1, 0.15) is 31.1 Å². The Balaban J connectivity index is 2.55. The van der Waals surface area contributed by atoms with Gasteiger partial charge in [0.15, 0.2) is 6.10 Å². The number of amides is 2. The molecule has 0 unspecified atom stereocenters. The van der Waals surface area contributed by atoms with Crippen LogP contribution in [0.15, 0.2) is 28.7 Å². The molecule has 0 aliphatic heterocycles. The second-order valence-corrected chi connectivity index (χ2v) is 5.59. The molecule has 1 aromatic rings. The highest BCUT2D eigenvalue weighted by atomic mass is 79.9. The van der Waals surface area contributed by atoms with E-state index in [2.05, 4.69) is 26.6 Å². The average molecular weight is 371 g/mol. The fraction of sp³-hybridized carbons (Fsp3) is 0.400. The molecule has 2 amide bonds. The van der Waals surface area contributed by atoms with Gasteiger partial charge in [0.2, 0.25) is 0 Å². The van der Waals surface area contributed by atoms with E-state index < -0.39 is 18.1 Å². The zero-order chi connectivity index (χ0) is 16.7. The van der Waals surface area contributed by atoms with Gasteiger partial charge in [-0.15, -0.1) is 0 Å². The Kier molecular flexibility index (Phi) is 7.04. The van der Waals surface area contributed by atoms with E-state index >= 15 is 0 Å². The van der Waals surface area contributed by atoms with Crippen molar-refractivity contribution in [1.29, 1.82) is 0 Å². The first-order valence-electron chi connectivity index (χ1n) is 6.89. The number of ether oxygens (including phenoxy) is 1. The molecule has 0 fully saturated rings. The van der Waals surface area contributed by atoms with Crippen molar-refractivity contribution >= 4 is 33.7 Å². The summed E-state index contributed by atoms with van der Waals surface area (Å²) in [6.07, 6.45) is -0.903. The van der Waals surface area contributed by atoms with E-state index in [1.54, 1.807) is 31.2 Å². The van der Waals surface area contributed by atoms with Gasteiger partial charge in [-0.25, -0.2) is 4.79 Å². The molecular formula is C15H19BrN2O4. The largest absolute Gasteiger partial charge is 0.451 e. The normalized spacial score (nSPS) is 12.9. The molecule has 120 valence electrons. The highest BCUT2D eigenvalue weighted by molar-refractivity contribution is 9.10. The Morgan fingerprint density at radius 3 is 2.32 bits per heavy atom. The lowest BCUT2D eigenvalue weighted by molar-refractivity contribution is -0.156. The minimum Gasteiger partial charge on any atom is -0.451 e. The molecule has 1 rings (SSSR count). The van der Waals surface area contributed by atoms with E-state index in [-0.39, 0.29) is 11.8 Å². The number of likely N-dealkylation sites (N-methyl/N-ethyl adjacent to an activating group) is 1. The van der Waals surface area contributed by atoms with Crippen LogP contribution in [0.5, 0.6) is 0 Å². The summed E-state index contributed by atoms with van der Waals surface area (Å²) in [7, 11) is 0. The summed E-state index contributed by atoms with van der Waals surface area (Å²) < 4.78 is 5.86. The smallest absolute Gasteiger partial charge is 0.329 e. The SMILES string of the molecule is CCNC(=O)[C@@H](C)OC(=O)[C@H](C)NC(=O)c1ccc(Br)cc1. The fourth-order valence-electron chi connectivity index (χ4n) is 1.59. The van der Waals surface area contributed by atoms with Gasteiger partial charge in [-0.3, -0.25) is 9.59 Å². The van der Waals surface area contributed by atoms with Gasteiger partial charge >= 0.3 is 5.97 Å². The topological polar surface area (TPSA) is 84.5 Å². The molecule has 0 saturated heterocycles. The standard InChI is InChI=1S/C15H19BrN2O4/c1-4-17-13(19)10(3)22-15(21)9(2)18-14(20)11-5-7-12(16)8-6-11/h5-10H,4H2,1-3H3,(H,17,19)(H,18,20)/t9-,10+/m0/s1. The van der Waals surface area contributed by atoms with Crippen LogP contribution in [0.4, 0.5) is 0 Å². The van der Waals surface area contributed by atoms with E-state index in [4.69, 9.17) is 4.74 Å². The number of rotatable bonds is 6. The predicted molar refractivity (Wildman–Crippen MR) is 85.3 cm³/mol. The lowest BCUT2D eigenvalue weighted by atomic mass is 10.2. The summed E-state index contributed by atoms with van der Waals surface area (Å²) in [6, 6.07) is 5.88. The first-order valence-corrected chi connectivity index (χ1v) is 7.69. The Labute approximate surface area is 137 Å². The van der Waals surface area contributed by atoms with Gasteiger partial charge in [0.1, 0.15) is 6.04 Å². The van der Waals surface area contributed by atoms with Crippen molar-refractivity contribution in [2.75, 3.05) is 6.54 Å². The summed E-state index contributed by atoms with van der Waals surface area (Å²) in [5.41, 5.74) is 0.430. The summed E-state index contributed by atoms with van der Waals surface area (Å²) in [5, 5.41) is 5.08. The third kappa shape index (κ3) is 5.48. The van der Waals surface area contributed by atoms with Gasteiger partial charge < -0.3 is 15.4 Å². The van der Waals surface area contributed by atoms with Gasteiger partial charge in [0.05, 0.1) is 0 Å². The van der Waals surface area contributed by atoms with Crippen LogP contribution in [0.3, 0.4) is 0 Å². The Morgan fingerprint density at radius 1 is 1.18 bits per heavy atom. The maximum atomic E-state index is 12.0. The van der Waals surface area contributed by atoms with Crippen molar-refractivity contribution in [3.05, 3.63) is 34.3 Å². The van der Waals surface area contributed by atoms with Crippen LogP contribution in [-0.4, -0.2) is 36.5 Å². The number of hydrogen-bond acceptors (Lipinski definition) is 4. The number of carbonyl (C=O) groups is 3. The van der Waals surface area contributed by atoms with Gasteiger partial charge in [0, 0.05) is 16.6 Å². The van der Waals surface area contributed by atoms with Gasteiger partial charge in [-0.05, 0) is 45.0 Å². The number of carbonyl (C=O) groups excluding carboxylic acids is 3. The first-order chi connectivity index (χ1) is 10.3. The minimum atomic E-state index is -0.903. The quantitative estimate of drug-likeness (QED) is 0.745. The highest BCUT2D eigenvalue weighted by Gasteiger charge is 2.23. The molecule has 22 heavy (non-hydrogen) atoms. The Hall–Kier alpha value is -1.89. The van der Waals surface area contributed by atoms with Crippen LogP contribution >= 0.6 is 15.9 Å². The monoisotopic (exact) mass is 370 g/mol. The molecule has 1 aromatic carbocycles. The van der Waals surface area contributed by atoms with Crippen LogP contribution in [0.2, 0.25) is 0 Å². The molecule has 0 bridgehead atoms. The van der Waals surface area contributed by atoms with Crippen molar-refractivity contribution in [2.24, 2.45) is 0 Å². The van der Waals surface area contributed by atoms with E-state index in [1.165, 1.54) is 13.8 Å². The second-order valence-electron chi connectivity index (χ2n) is 4.68. The van der Waals surface area contributed by atoms with Crippen molar-refractivity contribution in [1.82, 2.24) is 10.6 Å². The third-order valence-corrected chi connectivity index (χ3v) is 3.35. The summed E-state index contributed by atoms with van der Waals surface area (Å²) in [4.78, 5) is 35.3. The zero-order valence-electron chi connectivity index (χ0n) is 12.7. The van der Waals surface area contributed by atoms with Gasteiger partial charge in [-0.2, -0.15) is 0 Å². The van der Waals surface area contributed by atoms with E-state index in [9.17, 15) is 14.4 Å². The Bertz CT molecular complexity index is 545. The maximum Gasteiger partial charge on any atom is 0.329 e. The van der Waals surface area contributed by atoms with Crippen molar-refractivity contribution in [3.63, 3.8) is 0 Å². The third-order valence-electron chi connectivity index (χ3n) is 2.82. The summed E-state index contributed by atoms with van der Waals surface area (Å²) >= 11 is 3.28. The first kappa shape index (κ1) is 18.2. The number of esters is 1. The minimum absolute atomic E-state index is 0.373. The molecule has 0 radical (unpaired) electrons. The predicted octanol–water partition coefficient (Wildman–Crippen LogP) is 1.64. The molecule has 6 nitrogen and oxygen atoms in total. The van der Waals surface area contributed by atoms with Crippen LogP contribution in [0, 0.1) is 0 Å². The number of benzene rings is 1. The lowest BCUT2D eigenvalue weighted by Gasteiger charge is -2.17. The van der Waals surface area contributed by atoms with Gasteiger partial charge in [0.25, 0.3) is 11.8 Å². The molecule has 0 spiro atoms. The summed E-state index contributed by atoms with van der Waals surface area (Å²) in [6.45, 7) is 5.21. The molecule has 0 aliphatic rings. The van der Waals surface area contributed by atoms with E-state index in [0.29, 0.717) is 12.1 Å². The average Bonchev–Trinajstić information content (AvgIpc) is 2.47. The van der Waals surface area contributed by atoms with Crippen LogP contribution in [-0.2, 0) is 14.3 Å². The van der Waals surface area contributed by atoms with Gasteiger partial charge in [-0.1, -0.05) is 15.9 Å². The molecule has 0 heterocycles. The maximum absolute atomic E-state index is 12.0. The highest BCUT2D eigenvalue weighted by Crippen LogP contribution is 2.10. The second kappa shape index (κ2) is 8.53. The van der Waals surface area contributed by atoms with Crippen LogP contribution in [0.25, 0.3) is 0 Å². The molecule has 2 N–H and O–H groups in total. The number of nitrogens with one attached hydrogen (secondary N) is 2. The van der Waals surface area contributed by atoms with Crippen LogP contribution < -0.4 is 10.6 Å². The molecular weight excluding hydrogens is 352 g/mol.